The van der Waals surface area contributed by atoms with Gasteiger partial charge in [-0.15, -0.1) is 0 Å². The minimum absolute atomic E-state index is 0.00396. The number of nitrogens with zero attached hydrogens (tertiary/aromatic N) is 2. The van der Waals surface area contributed by atoms with Crippen LogP contribution in [0.4, 0.5) is 5.69 Å². The Morgan fingerprint density at radius 2 is 1.93 bits per heavy atom. The predicted molar refractivity (Wildman–Crippen MR) is 108 cm³/mol. The third-order valence-electron chi connectivity index (χ3n) is 4.81. The molecule has 0 aliphatic rings. The summed E-state index contributed by atoms with van der Waals surface area (Å²) >= 11 is 0. The predicted octanol–water partition coefficient (Wildman–Crippen LogP) is 4.29. The van der Waals surface area contributed by atoms with E-state index in [1.165, 1.54) is 16.5 Å². The van der Waals surface area contributed by atoms with E-state index in [9.17, 15) is 4.79 Å². The Labute approximate surface area is 158 Å². The Hall–Kier alpha value is -3.34. The SMILES string of the molecule is Cc1ccccc1Cn1cc(NC(=O)CCc2c[nH]c3ccccc23)cn1. The highest BCUT2D eigenvalue weighted by atomic mass is 16.1. The van der Waals surface area contributed by atoms with Crippen LogP contribution in [0.25, 0.3) is 10.9 Å². The summed E-state index contributed by atoms with van der Waals surface area (Å²) in [5, 5.41) is 8.47. The lowest BCUT2D eigenvalue weighted by molar-refractivity contribution is -0.116. The number of para-hydroxylation sites is 1. The normalized spacial score (nSPS) is 11.0. The molecule has 0 aliphatic heterocycles. The van der Waals surface area contributed by atoms with Crippen molar-refractivity contribution in [3.63, 3.8) is 0 Å². The number of aromatic amines is 1. The van der Waals surface area contributed by atoms with E-state index < -0.39 is 0 Å². The molecule has 4 aromatic rings. The molecular formula is C22H22N4O. The van der Waals surface area contributed by atoms with Crippen molar-refractivity contribution in [3.8, 4) is 0 Å². The third kappa shape index (κ3) is 3.92. The van der Waals surface area contributed by atoms with Crippen LogP contribution < -0.4 is 5.32 Å². The Kier molecular flexibility index (Phi) is 4.75. The monoisotopic (exact) mass is 358 g/mol. The molecular weight excluding hydrogens is 336 g/mol. The molecule has 27 heavy (non-hydrogen) atoms. The molecule has 0 spiro atoms. The van der Waals surface area contributed by atoms with Crippen LogP contribution in [0.1, 0.15) is 23.1 Å². The number of fused-ring (bicyclic) bond motifs is 1. The number of aryl methyl sites for hydroxylation is 2. The zero-order chi connectivity index (χ0) is 18.6. The summed E-state index contributed by atoms with van der Waals surface area (Å²) in [5.41, 5.74) is 5.45. The van der Waals surface area contributed by atoms with E-state index in [0.29, 0.717) is 19.4 Å². The second-order valence-corrected chi connectivity index (χ2v) is 6.76. The van der Waals surface area contributed by atoms with Gasteiger partial charge < -0.3 is 10.3 Å². The molecule has 2 N–H and O–H groups in total. The van der Waals surface area contributed by atoms with Gasteiger partial charge in [-0.05, 0) is 36.1 Å². The standard InChI is InChI=1S/C22H22N4O/c1-16-6-2-3-7-18(16)14-26-15-19(13-24-26)25-22(27)11-10-17-12-23-21-9-5-4-8-20(17)21/h2-9,12-13,15,23H,10-11,14H2,1H3,(H,25,27). The van der Waals surface area contributed by atoms with Gasteiger partial charge in [0.1, 0.15) is 0 Å². The first-order valence-corrected chi connectivity index (χ1v) is 9.11. The minimum Gasteiger partial charge on any atom is -0.361 e. The van der Waals surface area contributed by atoms with Crippen molar-refractivity contribution in [2.24, 2.45) is 0 Å². The summed E-state index contributed by atoms with van der Waals surface area (Å²) < 4.78 is 1.84. The summed E-state index contributed by atoms with van der Waals surface area (Å²) in [6.45, 7) is 2.78. The molecule has 1 amide bonds. The van der Waals surface area contributed by atoms with Crippen LogP contribution in [0.15, 0.2) is 67.1 Å². The maximum Gasteiger partial charge on any atom is 0.224 e. The second kappa shape index (κ2) is 7.50. The van der Waals surface area contributed by atoms with Crippen LogP contribution in [-0.2, 0) is 17.8 Å². The number of rotatable bonds is 6. The Bertz CT molecular complexity index is 1080. The summed E-state index contributed by atoms with van der Waals surface area (Å²) in [4.78, 5) is 15.6. The second-order valence-electron chi connectivity index (χ2n) is 6.76. The fourth-order valence-electron chi connectivity index (χ4n) is 3.29. The minimum atomic E-state index is -0.00396. The van der Waals surface area contributed by atoms with Gasteiger partial charge in [-0.1, -0.05) is 42.5 Å². The Morgan fingerprint density at radius 3 is 2.81 bits per heavy atom. The highest BCUT2D eigenvalue weighted by Crippen LogP contribution is 2.19. The van der Waals surface area contributed by atoms with Gasteiger partial charge in [0.05, 0.1) is 18.4 Å². The number of nitrogens with one attached hydrogen (secondary N) is 2. The number of carbonyl (C=O) groups is 1. The molecule has 0 bridgehead atoms. The van der Waals surface area contributed by atoms with Gasteiger partial charge >= 0.3 is 0 Å². The molecule has 5 nitrogen and oxygen atoms in total. The molecule has 2 heterocycles. The zero-order valence-corrected chi connectivity index (χ0v) is 15.3. The van der Waals surface area contributed by atoms with E-state index in [1.807, 2.05) is 47.4 Å². The molecule has 2 aromatic carbocycles. The van der Waals surface area contributed by atoms with E-state index in [-0.39, 0.29) is 5.91 Å². The van der Waals surface area contributed by atoms with Crippen molar-refractivity contribution in [3.05, 3.63) is 83.8 Å². The van der Waals surface area contributed by atoms with Gasteiger partial charge in [0.2, 0.25) is 5.91 Å². The van der Waals surface area contributed by atoms with Gasteiger partial charge in [-0.25, -0.2) is 0 Å². The fourth-order valence-corrected chi connectivity index (χ4v) is 3.29. The number of benzene rings is 2. The summed E-state index contributed by atoms with van der Waals surface area (Å²) in [6, 6.07) is 16.4. The molecule has 2 aromatic heterocycles. The van der Waals surface area contributed by atoms with E-state index >= 15 is 0 Å². The van der Waals surface area contributed by atoms with E-state index in [4.69, 9.17) is 0 Å². The molecule has 0 unspecified atom stereocenters. The fraction of sp³-hybridized carbons (Fsp3) is 0.182. The number of carbonyl (C=O) groups excluding carboxylic acids is 1. The molecule has 0 saturated heterocycles. The number of aromatic nitrogens is 3. The Morgan fingerprint density at radius 1 is 1.11 bits per heavy atom. The molecule has 4 rings (SSSR count). The van der Waals surface area contributed by atoms with Crippen LogP contribution >= 0.6 is 0 Å². The van der Waals surface area contributed by atoms with Gasteiger partial charge in [0.15, 0.2) is 0 Å². The molecule has 5 heteroatoms. The molecule has 0 fully saturated rings. The lowest BCUT2D eigenvalue weighted by Crippen LogP contribution is -2.11. The molecule has 0 saturated carbocycles. The molecule has 0 radical (unpaired) electrons. The first kappa shape index (κ1) is 17.1. The van der Waals surface area contributed by atoms with Crippen LogP contribution in [0.5, 0.6) is 0 Å². The van der Waals surface area contributed by atoms with Crippen molar-refractivity contribution in [1.82, 2.24) is 14.8 Å². The van der Waals surface area contributed by atoms with E-state index in [1.54, 1.807) is 6.20 Å². The highest BCUT2D eigenvalue weighted by molar-refractivity contribution is 5.91. The maximum absolute atomic E-state index is 12.3. The van der Waals surface area contributed by atoms with E-state index in [0.717, 1.165) is 16.8 Å². The smallest absolute Gasteiger partial charge is 0.224 e. The third-order valence-corrected chi connectivity index (χ3v) is 4.81. The van der Waals surface area contributed by atoms with Crippen LogP contribution in [0, 0.1) is 6.92 Å². The maximum atomic E-state index is 12.3. The van der Waals surface area contributed by atoms with Crippen LogP contribution in [0.2, 0.25) is 0 Å². The summed E-state index contributed by atoms with van der Waals surface area (Å²) in [7, 11) is 0. The van der Waals surface area contributed by atoms with Gasteiger partial charge in [-0.3, -0.25) is 9.48 Å². The van der Waals surface area contributed by atoms with Crippen molar-refractivity contribution < 1.29 is 4.79 Å². The Balaban J connectivity index is 1.35. The summed E-state index contributed by atoms with van der Waals surface area (Å²) in [5.74, 6) is -0.00396. The van der Waals surface area contributed by atoms with Crippen molar-refractivity contribution >= 4 is 22.5 Å². The zero-order valence-electron chi connectivity index (χ0n) is 15.3. The number of hydrogen-bond donors (Lipinski definition) is 2. The quantitative estimate of drug-likeness (QED) is 0.540. The molecule has 136 valence electrons. The molecule has 0 atom stereocenters. The van der Waals surface area contributed by atoms with Gasteiger partial charge in [0, 0.05) is 29.7 Å². The van der Waals surface area contributed by atoms with Crippen molar-refractivity contribution in [1.29, 1.82) is 0 Å². The first-order chi connectivity index (χ1) is 13.2. The molecule has 0 aliphatic carbocycles. The largest absolute Gasteiger partial charge is 0.361 e. The number of hydrogen-bond acceptors (Lipinski definition) is 2. The van der Waals surface area contributed by atoms with Gasteiger partial charge in [-0.2, -0.15) is 5.10 Å². The number of amides is 1. The lowest BCUT2D eigenvalue weighted by Gasteiger charge is -2.05. The topological polar surface area (TPSA) is 62.7 Å². The number of anilines is 1. The van der Waals surface area contributed by atoms with Crippen LogP contribution in [-0.4, -0.2) is 20.7 Å². The summed E-state index contributed by atoms with van der Waals surface area (Å²) in [6.07, 6.45) is 6.69. The first-order valence-electron chi connectivity index (χ1n) is 9.11. The van der Waals surface area contributed by atoms with E-state index in [2.05, 4.69) is 40.5 Å². The highest BCUT2D eigenvalue weighted by Gasteiger charge is 2.08. The van der Waals surface area contributed by atoms with Crippen LogP contribution in [0.3, 0.4) is 0 Å². The van der Waals surface area contributed by atoms with Crippen molar-refractivity contribution in [2.75, 3.05) is 5.32 Å². The van der Waals surface area contributed by atoms with Crippen molar-refractivity contribution in [2.45, 2.75) is 26.3 Å². The number of H-pyrrole nitrogens is 1. The average Bonchev–Trinajstić information content (AvgIpc) is 3.29. The lowest BCUT2D eigenvalue weighted by atomic mass is 10.1. The average molecular weight is 358 g/mol. The van der Waals surface area contributed by atoms with Gasteiger partial charge in [0.25, 0.3) is 0 Å².